The van der Waals surface area contributed by atoms with Crippen molar-refractivity contribution in [3.8, 4) is 0 Å². The van der Waals surface area contributed by atoms with Crippen LogP contribution in [0.5, 0.6) is 0 Å². The van der Waals surface area contributed by atoms with E-state index < -0.39 is 0 Å². The Labute approximate surface area is 114 Å². The van der Waals surface area contributed by atoms with E-state index in [1.165, 1.54) is 12.1 Å². The number of rotatable bonds is 9. The first-order valence-corrected chi connectivity index (χ1v) is 6.83. The van der Waals surface area contributed by atoms with Gasteiger partial charge in [-0.1, -0.05) is 18.6 Å². The molecule has 0 spiro atoms. The van der Waals surface area contributed by atoms with E-state index in [1.807, 2.05) is 6.92 Å². The Morgan fingerprint density at radius 1 is 1.21 bits per heavy atom. The first-order chi connectivity index (χ1) is 9.22. The van der Waals surface area contributed by atoms with Crippen LogP contribution in [0.2, 0.25) is 0 Å². The molecule has 0 aliphatic heterocycles. The highest BCUT2D eigenvalue weighted by molar-refractivity contribution is 5.69. The molecule has 0 heterocycles. The summed E-state index contributed by atoms with van der Waals surface area (Å²) in [7, 11) is 0. The minimum Gasteiger partial charge on any atom is -0.466 e. The normalized spacial score (nSPS) is 10.4. The maximum absolute atomic E-state index is 12.7. The molecule has 0 aliphatic carbocycles. The Balaban J connectivity index is 1.96. The van der Waals surface area contributed by atoms with Crippen molar-refractivity contribution in [2.24, 2.45) is 0 Å². The van der Waals surface area contributed by atoms with Gasteiger partial charge in [-0.2, -0.15) is 0 Å². The third-order valence-electron chi connectivity index (χ3n) is 2.78. The first-order valence-electron chi connectivity index (χ1n) is 6.83. The van der Waals surface area contributed by atoms with Crippen LogP contribution in [0.15, 0.2) is 24.3 Å². The fourth-order valence-corrected chi connectivity index (χ4v) is 1.76. The summed E-state index contributed by atoms with van der Waals surface area (Å²) in [5, 5.41) is 3.30. The summed E-state index contributed by atoms with van der Waals surface area (Å²) in [5.41, 5.74) is 1.08. The van der Waals surface area contributed by atoms with Crippen LogP contribution in [0.1, 0.15) is 38.2 Å². The van der Waals surface area contributed by atoms with Gasteiger partial charge in [-0.25, -0.2) is 4.39 Å². The molecule has 0 amide bonds. The number of nitrogens with one attached hydrogen (secondary N) is 1. The smallest absolute Gasteiger partial charge is 0.305 e. The molecule has 0 unspecified atom stereocenters. The fraction of sp³-hybridized carbons (Fsp3) is 0.533. The number of hydrogen-bond donors (Lipinski definition) is 1. The molecule has 4 heteroatoms. The quantitative estimate of drug-likeness (QED) is 0.552. The van der Waals surface area contributed by atoms with Gasteiger partial charge in [0, 0.05) is 13.0 Å². The Bertz CT molecular complexity index is 365. The number of unbranched alkanes of at least 4 members (excludes halogenated alkanes) is 2. The van der Waals surface area contributed by atoms with Crippen molar-refractivity contribution in [1.82, 2.24) is 5.32 Å². The molecule has 1 aromatic carbocycles. The lowest BCUT2D eigenvalue weighted by atomic mass is 10.2. The molecule has 0 atom stereocenters. The Morgan fingerprint density at radius 3 is 2.63 bits per heavy atom. The van der Waals surface area contributed by atoms with E-state index in [0.29, 0.717) is 13.0 Å². The van der Waals surface area contributed by atoms with Gasteiger partial charge >= 0.3 is 5.97 Å². The second kappa shape index (κ2) is 9.50. The van der Waals surface area contributed by atoms with E-state index >= 15 is 0 Å². The van der Waals surface area contributed by atoms with Gasteiger partial charge in [-0.05, 0) is 44.0 Å². The van der Waals surface area contributed by atoms with Gasteiger partial charge < -0.3 is 10.1 Å². The number of hydrogen-bond acceptors (Lipinski definition) is 3. The number of ether oxygens (including phenoxy) is 1. The van der Waals surface area contributed by atoms with E-state index in [0.717, 1.165) is 37.9 Å². The lowest BCUT2D eigenvalue weighted by Crippen LogP contribution is -2.14. The van der Waals surface area contributed by atoms with Crippen LogP contribution in [0, 0.1) is 5.82 Å². The molecule has 1 N–H and O–H groups in total. The SMILES string of the molecule is CCOC(=O)CCCCCNCc1ccc(F)cc1. The van der Waals surface area contributed by atoms with Gasteiger partial charge in [0.25, 0.3) is 0 Å². The van der Waals surface area contributed by atoms with Crippen LogP contribution in [-0.4, -0.2) is 19.1 Å². The summed E-state index contributed by atoms with van der Waals surface area (Å²) < 4.78 is 17.5. The highest BCUT2D eigenvalue weighted by atomic mass is 19.1. The van der Waals surface area contributed by atoms with Crippen molar-refractivity contribution in [3.63, 3.8) is 0 Å². The van der Waals surface area contributed by atoms with E-state index in [2.05, 4.69) is 5.32 Å². The maximum atomic E-state index is 12.7. The third kappa shape index (κ3) is 7.57. The summed E-state index contributed by atoms with van der Waals surface area (Å²) in [4.78, 5) is 11.1. The summed E-state index contributed by atoms with van der Waals surface area (Å²) in [5.74, 6) is -0.315. The predicted molar refractivity (Wildman–Crippen MR) is 73.2 cm³/mol. The third-order valence-corrected chi connectivity index (χ3v) is 2.78. The number of halogens is 1. The molecule has 0 bridgehead atoms. The van der Waals surface area contributed by atoms with Crippen molar-refractivity contribution < 1.29 is 13.9 Å². The van der Waals surface area contributed by atoms with E-state index in [-0.39, 0.29) is 11.8 Å². The molecule has 0 aromatic heterocycles. The van der Waals surface area contributed by atoms with Crippen LogP contribution < -0.4 is 5.32 Å². The van der Waals surface area contributed by atoms with Crippen molar-refractivity contribution in [2.75, 3.05) is 13.2 Å². The number of carbonyl (C=O) groups is 1. The lowest BCUT2D eigenvalue weighted by Gasteiger charge is -2.05. The number of esters is 1. The van der Waals surface area contributed by atoms with Gasteiger partial charge in [-0.15, -0.1) is 0 Å². The Kier molecular flexibility index (Phi) is 7.82. The van der Waals surface area contributed by atoms with Gasteiger partial charge in [-0.3, -0.25) is 4.79 Å². The predicted octanol–water partition coefficient (Wildman–Crippen LogP) is 3.04. The zero-order valence-electron chi connectivity index (χ0n) is 11.5. The number of benzene rings is 1. The largest absolute Gasteiger partial charge is 0.466 e. The van der Waals surface area contributed by atoms with Crippen LogP contribution in [0.3, 0.4) is 0 Å². The summed E-state index contributed by atoms with van der Waals surface area (Å²) in [6, 6.07) is 6.50. The van der Waals surface area contributed by atoms with E-state index in [4.69, 9.17) is 4.74 Å². The van der Waals surface area contributed by atoms with Crippen molar-refractivity contribution >= 4 is 5.97 Å². The number of carbonyl (C=O) groups excluding carboxylic acids is 1. The molecule has 106 valence electrons. The van der Waals surface area contributed by atoms with Crippen LogP contribution in [0.4, 0.5) is 4.39 Å². The minimum atomic E-state index is -0.206. The topological polar surface area (TPSA) is 38.3 Å². The summed E-state index contributed by atoms with van der Waals surface area (Å²) in [6.07, 6.45) is 3.42. The monoisotopic (exact) mass is 267 g/mol. The second-order valence-corrected chi connectivity index (χ2v) is 4.42. The van der Waals surface area contributed by atoms with Gasteiger partial charge in [0.2, 0.25) is 0 Å². The Morgan fingerprint density at radius 2 is 1.95 bits per heavy atom. The summed E-state index contributed by atoms with van der Waals surface area (Å²) >= 11 is 0. The molecular weight excluding hydrogens is 245 g/mol. The molecule has 3 nitrogen and oxygen atoms in total. The maximum Gasteiger partial charge on any atom is 0.305 e. The highest BCUT2D eigenvalue weighted by Crippen LogP contribution is 2.03. The van der Waals surface area contributed by atoms with Crippen molar-refractivity contribution in [2.45, 2.75) is 39.2 Å². The van der Waals surface area contributed by atoms with Crippen molar-refractivity contribution in [1.29, 1.82) is 0 Å². The molecule has 0 radical (unpaired) electrons. The summed E-state index contributed by atoms with van der Waals surface area (Å²) in [6.45, 7) is 3.92. The van der Waals surface area contributed by atoms with Crippen LogP contribution in [-0.2, 0) is 16.1 Å². The van der Waals surface area contributed by atoms with Crippen LogP contribution >= 0.6 is 0 Å². The molecule has 0 saturated carbocycles. The molecule has 0 aliphatic rings. The molecular formula is C15H22FNO2. The Hall–Kier alpha value is -1.42. The lowest BCUT2D eigenvalue weighted by molar-refractivity contribution is -0.143. The fourth-order valence-electron chi connectivity index (χ4n) is 1.76. The molecule has 0 fully saturated rings. The van der Waals surface area contributed by atoms with Gasteiger partial charge in [0.1, 0.15) is 5.82 Å². The molecule has 19 heavy (non-hydrogen) atoms. The van der Waals surface area contributed by atoms with Gasteiger partial charge in [0.05, 0.1) is 6.61 Å². The van der Waals surface area contributed by atoms with E-state index in [9.17, 15) is 9.18 Å². The van der Waals surface area contributed by atoms with Crippen LogP contribution in [0.25, 0.3) is 0 Å². The minimum absolute atomic E-state index is 0.109. The van der Waals surface area contributed by atoms with E-state index in [1.54, 1.807) is 12.1 Å². The van der Waals surface area contributed by atoms with Gasteiger partial charge in [0.15, 0.2) is 0 Å². The zero-order valence-corrected chi connectivity index (χ0v) is 11.5. The van der Waals surface area contributed by atoms with Crippen molar-refractivity contribution in [3.05, 3.63) is 35.6 Å². The molecule has 1 aromatic rings. The highest BCUT2D eigenvalue weighted by Gasteiger charge is 2.00. The average Bonchev–Trinajstić information content (AvgIpc) is 2.40. The molecule has 0 saturated heterocycles. The standard InChI is InChI=1S/C15H22FNO2/c1-2-19-15(18)6-4-3-5-11-17-12-13-7-9-14(16)10-8-13/h7-10,17H,2-6,11-12H2,1H3. The first kappa shape index (κ1) is 15.6. The molecule has 1 rings (SSSR count). The second-order valence-electron chi connectivity index (χ2n) is 4.42. The zero-order chi connectivity index (χ0) is 13.9. The average molecular weight is 267 g/mol.